The van der Waals surface area contributed by atoms with E-state index >= 15 is 0 Å². The first-order valence-corrected chi connectivity index (χ1v) is 11.4. The number of aryl methyl sites for hydroxylation is 1. The van der Waals surface area contributed by atoms with Gasteiger partial charge in [0.05, 0.1) is 0 Å². The van der Waals surface area contributed by atoms with Crippen LogP contribution in [0.3, 0.4) is 0 Å². The van der Waals surface area contributed by atoms with Crippen LogP contribution in [0.2, 0.25) is 0 Å². The Morgan fingerprint density at radius 1 is 0.929 bits per heavy atom. The molecule has 0 aliphatic rings. The molecule has 0 bridgehead atoms. The van der Waals surface area contributed by atoms with Crippen LogP contribution in [0.5, 0.6) is 0 Å². The van der Waals surface area contributed by atoms with E-state index in [2.05, 4.69) is 83.1 Å². The fourth-order valence-corrected chi connectivity index (χ4v) is 4.43. The van der Waals surface area contributed by atoms with E-state index in [0.29, 0.717) is 17.3 Å². The number of carbonyl (C=O) groups excluding carboxylic acids is 1. The normalized spacial score (nSPS) is 13.9. The van der Waals surface area contributed by atoms with Gasteiger partial charge in [0, 0.05) is 12.7 Å². The number of thioether (sulfide) groups is 1. The van der Waals surface area contributed by atoms with Crippen LogP contribution in [0.15, 0.2) is 48.5 Å². The molecule has 0 aliphatic heterocycles. The Hall–Kier alpha value is -1.54. The van der Waals surface area contributed by atoms with Crippen molar-refractivity contribution in [3.63, 3.8) is 0 Å². The lowest BCUT2D eigenvalue weighted by molar-refractivity contribution is -0.109. The minimum atomic E-state index is 0.179. The second-order valence-electron chi connectivity index (χ2n) is 9.24. The summed E-state index contributed by atoms with van der Waals surface area (Å²) < 4.78 is 0. The molecule has 2 unspecified atom stereocenters. The summed E-state index contributed by atoms with van der Waals surface area (Å²) in [6.45, 7) is 13.1. The predicted molar refractivity (Wildman–Crippen MR) is 124 cm³/mol. The molecule has 0 amide bonds. The van der Waals surface area contributed by atoms with Crippen molar-refractivity contribution in [1.29, 1.82) is 0 Å². The first-order valence-electron chi connectivity index (χ1n) is 10.5. The van der Waals surface area contributed by atoms with Gasteiger partial charge in [-0.15, -0.1) is 0 Å². The summed E-state index contributed by atoms with van der Waals surface area (Å²) in [4.78, 5) is 11.2. The lowest BCUT2D eigenvalue weighted by atomic mass is 9.75. The first kappa shape index (κ1) is 22.7. The topological polar surface area (TPSA) is 17.1 Å². The Labute approximate surface area is 176 Å². The van der Waals surface area contributed by atoms with Crippen LogP contribution in [-0.2, 0) is 10.5 Å². The molecule has 152 valence electrons. The van der Waals surface area contributed by atoms with Gasteiger partial charge in [-0.25, -0.2) is 0 Å². The van der Waals surface area contributed by atoms with Crippen LogP contribution >= 0.6 is 11.8 Å². The van der Waals surface area contributed by atoms with E-state index in [1.54, 1.807) is 6.92 Å². The SMILES string of the molecule is CCC(CC(CC(C)(C)C)c1ccc(CSC(C)=O)cc1)c1ccc(C)cc1. The highest BCUT2D eigenvalue weighted by atomic mass is 32.2. The van der Waals surface area contributed by atoms with Crippen LogP contribution in [0.1, 0.15) is 88.0 Å². The van der Waals surface area contributed by atoms with E-state index in [0.717, 1.165) is 12.2 Å². The van der Waals surface area contributed by atoms with Crippen molar-refractivity contribution in [2.75, 3.05) is 0 Å². The van der Waals surface area contributed by atoms with Gasteiger partial charge in [0.1, 0.15) is 0 Å². The van der Waals surface area contributed by atoms with E-state index in [-0.39, 0.29) is 5.12 Å². The van der Waals surface area contributed by atoms with E-state index < -0.39 is 0 Å². The predicted octanol–water partition coefficient (Wildman–Crippen LogP) is 7.88. The molecule has 0 heterocycles. The highest BCUT2D eigenvalue weighted by Crippen LogP contribution is 2.39. The second-order valence-corrected chi connectivity index (χ2v) is 10.4. The zero-order chi connectivity index (χ0) is 20.7. The zero-order valence-electron chi connectivity index (χ0n) is 18.4. The van der Waals surface area contributed by atoms with Gasteiger partial charge in [-0.2, -0.15) is 0 Å². The van der Waals surface area contributed by atoms with Gasteiger partial charge >= 0.3 is 0 Å². The molecular formula is C26H36OS. The lowest BCUT2D eigenvalue weighted by Crippen LogP contribution is -2.15. The molecule has 0 radical (unpaired) electrons. The lowest BCUT2D eigenvalue weighted by Gasteiger charge is -2.30. The molecule has 2 atom stereocenters. The summed E-state index contributed by atoms with van der Waals surface area (Å²) in [6, 6.07) is 18.1. The van der Waals surface area contributed by atoms with Crippen molar-refractivity contribution < 1.29 is 4.79 Å². The smallest absolute Gasteiger partial charge is 0.186 e. The van der Waals surface area contributed by atoms with Crippen molar-refractivity contribution >= 4 is 16.9 Å². The third-order valence-electron chi connectivity index (χ3n) is 5.36. The fraction of sp³-hybridized carbons (Fsp3) is 0.500. The van der Waals surface area contributed by atoms with Crippen molar-refractivity contribution in [2.45, 2.75) is 78.4 Å². The maximum Gasteiger partial charge on any atom is 0.186 e. The average molecular weight is 397 g/mol. The number of hydrogen-bond donors (Lipinski definition) is 0. The van der Waals surface area contributed by atoms with E-state index in [4.69, 9.17) is 0 Å². The molecule has 2 aromatic rings. The maximum absolute atomic E-state index is 11.2. The Morgan fingerprint density at radius 3 is 1.96 bits per heavy atom. The quantitative estimate of drug-likeness (QED) is 0.451. The molecule has 0 fully saturated rings. The molecule has 28 heavy (non-hydrogen) atoms. The highest BCUT2D eigenvalue weighted by molar-refractivity contribution is 8.12. The zero-order valence-corrected chi connectivity index (χ0v) is 19.2. The van der Waals surface area contributed by atoms with Crippen LogP contribution in [0.25, 0.3) is 0 Å². The van der Waals surface area contributed by atoms with Crippen LogP contribution in [0.4, 0.5) is 0 Å². The molecule has 0 N–H and O–H groups in total. The summed E-state index contributed by atoms with van der Waals surface area (Å²) >= 11 is 1.38. The van der Waals surface area contributed by atoms with Crippen molar-refractivity contribution in [3.8, 4) is 0 Å². The molecule has 0 saturated heterocycles. The monoisotopic (exact) mass is 396 g/mol. The Kier molecular flexibility index (Phi) is 8.37. The van der Waals surface area contributed by atoms with Crippen LogP contribution < -0.4 is 0 Å². The Balaban J connectivity index is 2.20. The van der Waals surface area contributed by atoms with Gasteiger partial charge in [0.2, 0.25) is 0 Å². The maximum atomic E-state index is 11.2. The van der Waals surface area contributed by atoms with Gasteiger partial charge < -0.3 is 0 Å². The number of hydrogen-bond acceptors (Lipinski definition) is 2. The van der Waals surface area contributed by atoms with Crippen molar-refractivity contribution in [3.05, 3.63) is 70.8 Å². The summed E-state index contributed by atoms with van der Waals surface area (Å²) in [5.74, 6) is 1.89. The molecule has 0 aliphatic carbocycles. The summed E-state index contributed by atoms with van der Waals surface area (Å²) in [5.41, 5.74) is 5.73. The minimum absolute atomic E-state index is 0.179. The first-order chi connectivity index (χ1) is 13.2. The third-order valence-corrected chi connectivity index (χ3v) is 6.25. The summed E-state index contributed by atoms with van der Waals surface area (Å²) in [5, 5.41) is 0.179. The molecule has 2 heteroatoms. The molecule has 0 aromatic heterocycles. The van der Waals surface area contributed by atoms with Gasteiger partial charge in [0.15, 0.2) is 5.12 Å². The number of benzene rings is 2. The fourth-order valence-electron chi connectivity index (χ4n) is 3.87. The van der Waals surface area contributed by atoms with Gasteiger partial charge in [-0.1, -0.05) is 93.6 Å². The van der Waals surface area contributed by atoms with Gasteiger partial charge in [0.25, 0.3) is 0 Å². The number of rotatable bonds is 8. The second kappa shape index (κ2) is 10.3. The van der Waals surface area contributed by atoms with E-state index in [1.807, 2.05) is 0 Å². The Morgan fingerprint density at radius 2 is 1.46 bits per heavy atom. The van der Waals surface area contributed by atoms with Crippen molar-refractivity contribution in [1.82, 2.24) is 0 Å². The molecule has 0 saturated carbocycles. The molecule has 0 spiro atoms. The van der Waals surface area contributed by atoms with Crippen LogP contribution in [0, 0.1) is 12.3 Å². The molecular weight excluding hydrogens is 360 g/mol. The van der Waals surface area contributed by atoms with E-state index in [1.165, 1.54) is 46.9 Å². The standard InChI is InChI=1S/C26H36OS/c1-7-22(23-12-8-19(2)9-13-23)16-25(17-26(4,5)6)24-14-10-21(11-15-24)18-28-20(3)27/h8-15,22,25H,7,16-18H2,1-6H3. The summed E-state index contributed by atoms with van der Waals surface area (Å²) in [7, 11) is 0. The minimum Gasteiger partial charge on any atom is -0.288 e. The molecule has 2 rings (SSSR count). The van der Waals surface area contributed by atoms with Gasteiger partial charge in [-0.3, -0.25) is 4.79 Å². The van der Waals surface area contributed by atoms with E-state index in [9.17, 15) is 4.79 Å². The third kappa shape index (κ3) is 7.47. The molecule has 2 aromatic carbocycles. The largest absolute Gasteiger partial charge is 0.288 e. The Bertz CT molecular complexity index is 737. The molecule has 1 nitrogen and oxygen atoms in total. The van der Waals surface area contributed by atoms with Crippen LogP contribution in [-0.4, -0.2) is 5.12 Å². The van der Waals surface area contributed by atoms with Crippen molar-refractivity contribution in [2.24, 2.45) is 5.41 Å². The average Bonchev–Trinajstić information content (AvgIpc) is 2.64. The van der Waals surface area contributed by atoms with Gasteiger partial charge in [-0.05, 0) is 60.1 Å². The number of carbonyl (C=O) groups is 1. The highest BCUT2D eigenvalue weighted by Gasteiger charge is 2.24. The summed E-state index contributed by atoms with van der Waals surface area (Å²) in [6.07, 6.45) is 3.52.